The summed E-state index contributed by atoms with van der Waals surface area (Å²) in [6, 6.07) is 11.1. The van der Waals surface area contributed by atoms with Crippen molar-refractivity contribution < 1.29 is 9.18 Å². The van der Waals surface area contributed by atoms with Crippen LogP contribution >= 0.6 is 11.8 Å². The number of benzene rings is 2. The molecule has 0 saturated heterocycles. The Labute approximate surface area is 123 Å². The number of rotatable bonds is 4. The van der Waals surface area contributed by atoms with Crippen molar-refractivity contribution in [1.29, 1.82) is 0 Å². The van der Waals surface area contributed by atoms with Gasteiger partial charge in [-0.1, -0.05) is 35.4 Å². The van der Waals surface area contributed by atoms with Gasteiger partial charge in [-0.05, 0) is 38.5 Å². The first-order valence-electron chi connectivity index (χ1n) is 6.47. The van der Waals surface area contributed by atoms with Crippen molar-refractivity contribution in [3.8, 4) is 0 Å². The van der Waals surface area contributed by atoms with Gasteiger partial charge in [-0.25, -0.2) is 4.39 Å². The molecule has 0 N–H and O–H groups in total. The van der Waals surface area contributed by atoms with E-state index < -0.39 is 5.82 Å². The maximum absolute atomic E-state index is 13.7. The van der Waals surface area contributed by atoms with Gasteiger partial charge in [0.15, 0.2) is 5.78 Å². The number of carbonyl (C=O) groups excluding carboxylic acids is 1. The van der Waals surface area contributed by atoms with Crippen LogP contribution in [0.5, 0.6) is 0 Å². The van der Waals surface area contributed by atoms with E-state index in [0.29, 0.717) is 4.90 Å². The highest BCUT2D eigenvalue weighted by Gasteiger charge is 2.13. The summed E-state index contributed by atoms with van der Waals surface area (Å²) in [7, 11) is 0. The zero-order valence-corrected chi connectivity index (χ0v) is 12.7. The van der Waals surface area contributed by atoms with Crippen molar-refractivity contribution >= 4 is 17.5 Å². The molecule has 0 amide bonds. The number of Topliss-reactive ketones (excluding diaryl/α,β-unsaturated/α-hetero) is 1. The Hall–Kier alpha value is -1.61. The van der Waals surface area contributed by atoms with Gasteiger partial charge in [-0.2, -0.15) is 0 Å². The van der Waals surface area contributed by atoms with Gasteiger partial charge in [0, 0.05) is 10.6 Å². The third-order valence-corrected chi connectivity index (χ3v) is 4.13. The summed E-state index contributed by atoms with van der Waals surface area (Å²) in [5, 5.41) is 0. The van der Waals surface area contributed by atoms with Gasteiger partial charge in [0.25, 0.3) is 0 Å². The third kappa shape index (κ3) is 3.48. The molecule has 2 aromatic rings. The highest BCUT2D eigenvalue weighted by atomic mass is 32.2. The molecular weight excluding hydrogens is 271 g/mol. The van der Waals surface area contributed by atoms with Crippen LogP contribution in [0, 0.1) is 19.7 Å². The summed E-state index contributed by atoms with van der Waals surface area (Å²) < 4.78 is 13.7. The minimum Gasteiger partial charge on any atom is -0.294 e. The van der Waals surface area contributed by atoms with Gasteiger partial charge in [0.05, 0.1) is 5.56 Å². The standard InChI is InChI=1S/C17H17FOS/c1-11-7-12(2)9-14(8-11)10-20-16-6-4-5-15(18)17(16)13(3)19/h4-9H,10H2,1-3H3. The molecule has 0 aliphatic heterocycles. The van der Waals surface area contributed by atoms with Crippen LogP contribution in [0.25, 0.3) is 0 Å². The molecule has 0 spiro atoms. The van der Waals surface area contributed by atoms with E-state index in [-0.39, 0.29) is 11.3 Å². The van der Waals surface area contributed by atoms with Crippen molar-refractivity contribution in [2.24, 2.45) is 0 Å². The minimum absolute atomic E-state index is 0.196. The van der Waals surface area contributed by atoms with Crippen LogP contribution in [0.2, 0.25) is 0 Å². The van der Waals surface area contributed by atoms with Crippen LogP contribution in [-0.2, 0) is 5.75 Å². The fraction of sp³-hybridized carbons (Fsp3) is 0.235. The van der Waals surface area contributed by atoms with Crippen molar-refractivity contribution in [3.63, 3.8) is 0 Å². The van der Waals surface area contributed by atoms with E-state index in [4.69, 9.17) is 0 Å². The van der Waals surface area contributed by atoms with Gasteiger partial charge in [0.1, 0.15) is 5.82 Å². The molecule has 0 atom stereocenters. The van der Waals surface area contributed by atoms with Crippen molar-refractivity contribution in [2.45, 2.75) is 31.4 Å². The lowest BCUT2D eigenvalue weighted by Gasteiger charge is -2.09. The van der Waals surface area contributed by atoms with Crippen molar-refractivity contribution in [1.82, 2.24) is 0 Å². The monoisotopic (exact) mass is 288 g/mol. The molecule has 104 valence electrons. The Morgan fingerprint density at radius 1 is 1.15 bits per heavy atom. The second-order valence-corrected chi connectivity index (χ2v) is 5.97. The van der Waals surface area contributed by atoms with Crippen LogP contribution in [0.4, 0.5) is 4.39 Å². The number of aryl methyl sites for hydroxylation is 2. The molecule has 1 nitrogen and oxygen atoms in total. The Morgan fingerprint density at radius 2 is 1.80 bits per heavy atom. The smallest absolute Gasteiger partial charge is 0.163 e. The van der Waals surface area contributed by atoms with Crippen molar-refractivity contribution in [2.75, 3.05) is 0 Å². The fourth-order valence-electron chi connectivity index (χ4n) is 2.28. The lowest BCUT2D eigenvalue weighted by molar-refractivity contribution is 0.101. The van der Waals surface area contributed by atoms with E-state index in [0.717, 1.165) is 5.75 Å². The maximum atomic E-state index is 13.7. The molecule has 0 aliphatic carbocycles. The SMILES string of the molecule is CC(=O)c1c(F)cccc1SCc1cc(C)cc(C)c1. The van der Waals surface area contributed by atoms with Crippen LogP contribution < -0.4 is 0 Å². The number of carbonyl (C=O) groups is 1. The second kappa shape index (κ2) is 6.23. The Kier molecular flexibility index (Phi) is 4.61. The maximum Gasteiger partial charge on any atom is 0.163 e. The molecule has 0 radical (unpaired) electrons. The molecule has 0 fully saturated rings. The lowest BCUT2D eigenvalue weighted by atomic mass is 10.1. The summed E-state index contributed by atoms with van der Waals surface area (Å²) in [4.78, 5) is 12.3. The Morgan fingerprint density at radius 3 is 2.40 bits per heavy atom. The van der Waals surface area contributed by atoms with Gasteiger partial charge < -0.3 is 0 Å². The minimum atomic E-state index is -0.442. The van der Waals surface area contributed by atoms with Crippen LogP contribution in [0.3, 0.4) is 0 Å². The van der Waals surface area contributed by atoms with E-state index in [1.54, 1.807) is 12.1 Å². The van der Waals surface area contributed by atoms with E-state index in [2.05, 4.69) is 32.0 Å². The first-order chi connectivity index (χ1) is 9.47. The van der Waals surface area contributed by atoms with Gasteiger partial charge in [0.2, 0.25) is 0 Å². The first-order valence-corrected chi connectivity index (χ1v) is 7.45. The van der Waals surface area contributed by atoms with E-state index >= 15 is 0 Å². The van der Waals surface area contributed by atoms with Crippen LogP contribution in [-0.4, -0.2) is 5.78 Å². The molecule has 0 aromatic heterocycles. The van der Waals surface area contributed by atoms with E-state index in [1.807, 2.05) is 0 Å². The molecule has 0 aliphatic rings. The Balaban J connectivity index is 2.23. The summed E-state index contributed by atoms with van der Waals surface area (Å²) in [6.45, 7) is 5.52. The number of thioether (sulfide) groups is 1. The normalized spacial score (nSPS) is 10.6. The molecule has 2 rings (SSSR count). The molecule has 0 bridgehead atoms. The third-order valence-electron chi connectivity index (χ3n) is 3.00. The molecule has 0 heterocycles. The number of hydrogen-bond acceptors (Lipinski definition) is 2. The number of ketones is 1. The zero-order chi connectivity index (χ0) is 14.7. The summed E-state index contributed by atoms with van der Waals surface area (Å²) >= 11 is 1.50. The Bertz CT molecular complexity index is 629. The first kappa shape index (κ1) is 14.8. The quantitative estimate of drug-likeness (QED) is 0.585. The van der Waals surface area contributed by atoms with E-state index in [9.17, 15) is 9.18 Å². The predicted molar refractivity (Wildman–Crippen MR) is 81.9 cm³/mol. The summed E-state index contributed by atoms with van der Waals surface area (Å²) in [5.41, 5.74) is 3.81. The average molecular weight is 288 g/mol. The summed E-state index contributed by atoms with van der Waals surface area (Å²) in [5.74, 6) is 0.0562. The lowest BCUT2D eigenvalue weighted by Crippen LogP contribution is -1.99. The number of halogens is 1. The van der Waals surface area contributed by atoms with E-state index in [1.165, 1.54) is 41.4 Å². The highest BCUT2D eigenvalue weighted by molar-refractivity contribution is 7.98. The molecular formula is C17H17FOS. The largest absolute Gasteiger partial charge is 0.294 e. The van der Waals surface area contributed by atoms with Crippen LogP contribution in [0.1, 0.15) is 34.0 Å². The molecule has 2 aromatic carbocycles. The molecule has 3 heteroatoms. The molecule has 20 heavy (non-hydrogen) atoms. The van der Waals surface area contributed by atoms with Gasteiger partial charge in [-0.15, -0.1) is 11.8 Å². The van der Waals surface area contributed by atoms with Crippen molar-refractivity contribution in [3.05, 3.63) is 64.5 Å². The number of hydrogen-bond donors (Lipinski definition) is 0. The van der Waals surface area contributed by atoms with Gasteiger partial charge >= 0.3 is 0 Å². The average Bonchev–Trinajstić information content (AvgIpc) is 2.34. The molecule has 0 saturated carbocycles. The highest BCUT2D eigenvalue weighted by Crippen LogP contribution is 2.28. The second-order valence-electron chi connectivity index (χ2n) is 4.95. The molecule has 0 unspecified atom stereocenters. The van der Waals surface area contributed by atoms with Gasteiger partial charge in [-0.3, -0.25) is 4.79 Å². The van der Waals surface area contributed by atoms with Crippen LogP contribution in [0.15, 0.2) is 41.3 Å². The summed E-state index contributed by atoms with van der Waals surface area (Å²) in [6.07, 6.45) is 0. The predicted octanol–water partition coefficient (Wildman–Crippen LogP) is 4.94. The zero-order valence-electron chi connectivity index (χ0n) is 11.9. The topological polar surface area (TPSA) is 17.1 Å². The fourth-order valence-corrected chi connectivity index (χ4v) is 3.33.